The van der Waals surface area contributed by atoms with Gasteiger partial charge in [0.2, 0.25) is 0 Å². The van der Waals surface area contributed by atoms with Crippen LogP contribution in [0.25, 0.3) is 0 Å². The first kappa shape index (κ1) is 9.65. The number of hydrogen-bond acceptors (Lipinski definition) is 3. The molecule has 3 nitrogen and oxygen atoms in total. The van der Waals surface area contributed by atoms with Gasteiger partial charge in [-0.15, -0.1) is 0 Å². The van der Waals surface area contributed by atoms with Crippen LogP contribution in [0.4, 0.5) is 11.4 Å². The maximum Gasteiger partial charge on any atom is 0.115 e. The summed E-state index contributed by atoms with van der Waals surface area (Å²) in [6.07, 6.45) is 5.04. The average Bonchev–Trinajstić information content (AvgIpc) is 2.26. The van der Waals surface area contributed by atoms with Crippen LogP contribution in [0, 0.1) is 13.8 Å². The number of rotatable bonds is 2. The van der Waals surface area contributed by atoms with E-state index >= 15 is 0 Å². The van der Waals surface area contributed by atoms with Crippen LogP contribution in [0.15, 0.2) is 36.9 Å². The Hall–Kier alpha value is -1.90. The minimum Gasteiger partial charge on any atom is -0.353 e. The molecule has 0 aliphatic heterocycles. The van der Waals surface area contributed by atoms with E-state index in [1.165, 1.54) is 17.5 Å². The van der Waals surface area contributed by atoms with Gasteiger partial charge in [0, 0.05) is 5.69 Å². The Morgan fingerprint density at radius 2 is 1.80 bits per heavy atom. The number of anilines is 2. The number of aromatic nitrogens is 2. The second kappa shape index (κ2) is 4.09. The van der Waals surface area contributed by atoms with E-state index in [1.54, 1.807) is 12.4 Å². The average molecular weight is 199 g/mol. The van der Waals surface area contributed by atoms with Gasteiger partial charge in [0.15, 0.2) is 0 Å². The molecule has 0 saturated heterocycles. The second-order valence-electron chi connectivity index (χ2n) is 3.50. The highest BCUT2D eigenvalue weighted by Gasteiger charge is 2.00. The molecule has 0 aliphatic carbocycles. The van der Waals surface area contributed by atoms with E-state index in [-0.39, 0.29) is 0 Å². The van der Waals surface area contributed by atoms with Crippen molar-refractivity contribution in [3.63, 3.8) is 0 Å². The number of aryl methyl sites for hydroxylation is 1. The van der Waals surface area contributed by atoms with Gasteiger partial charge in [-0.25, -0.2) is 9.97 Å². The molecule has 76 valence electrons. The zero-order valence-corrected chi connectivity index (χ0v) is 8.86. The topological polar surface area (TPSA) is 37.8 Å². The SMILES string of the molecule is Cc1cccc(Nc2cncnc2)c1C. The van der Waals surface area contributed by atoms with Gasteiger partial charge in [-0.05, 0) is 31.0 Å². The van der Waals surface area contributed by atoms with E-state index in [1.807, 2.05) is 6.07 Å². The van der Waals surface area contributed by atoms with Gasteiger partial charge in [-0.2, -0.15) is 0 Å². The highest BCUT2D eigenvalue weighted by atomic mass is 14.9. The van der Waals surface area contributed by atoms with Crippen LogP contribution in [0.5, 0.6) is 0 Å². The Kier molecular flexibility index (Phi) is 2.63. The molecule has 0 saturated carbocycles. The first-order valence-corrected chi connectivity index (χ1v) is 4.85. The third kappa shape index (κ3) is 2.13. The van der Waals surface area contributed by atoms with E-state index in [0.717, 1.165) is 11.4 Å². The predicted molar refractivity (Wildman–Crippen MR) is 61.2 cm³/mol. The van der Waals surface area contributed by atoms with Crippen molar-refractivity contribution in [3.05, 3.63) is 48.0 Å². The molecule has 0 radical (unpaired) electrons. The van der Waals surface area contributed by atoms with Gasteiger partial charge in [-0.1, -0.05) is 12.1 Å². The van der Waals surface area contributed by atoms with Crippen molar-refractivity contribution in [2.75, 3.05) is 5.32 Å². The van der Waals surface area contributed by atoms with E-state index in [2.05, 4.69) is 41.3 Å². The normalized spacial score (nSPS) is 10.0. The molecule has 15 heavy (non-hydrogen) atoms. The van der Waals surface area contributed by atoms with Crippen molar-refractivity contribution < 1.29 is 0 Å². The van der Waals surface area contributed by atoms with Crippen molar-refractivity contribution in [1.29, 1.82) is 0 Å². The fraction of sp³-hybridized carbons (Fsp3) is 0.167. The minimum atomic E-state index is 0.909. The lowest BCUT2D eigenvalue weighted by Crippen LogP contribution is -1.95. The standard InChI is InChI=1S/C12H13N3/c1-9-4-3-5-12(10(9)2)15-11-6-13-8-14-7-11/h3-8,15H,1-2H3. The molecule has 0 aliphatic rings. The molecule has 0 spiro atoms. The first-order valence-electron chi connectivity index (χ1n) is 4.85. The smallest absolute Gasteiger partial charge is 0.115 e. The van der Waals surface area contributed by atoms with Crippen LogP contribution in [-0.2, 0) is 0 Å². The van der Waals surface area contributed by atoms with Gasteiger partial charge in [0.25, 0.3) is 0 Å². The van der Waals surface area contributed by atoms with Crippen LogP contribution >= 0.6 is 0 Å². The maximum absolute atomic E-state index is 3.96. The van der Waals surface area contributed by atoms with E-state index < -0.39 is 0 Å². The summed E-state index contributed by atoms with van der Waals surface area (Å²) in [5.74, 6) is 0. The van der Waals surface area contributed by atoms with Crippen molar-refractivity contribution in [2.24, 2.45) is 0 Å². The van der Waals surface area contributed by atoms with Crippen molar-refractivity contribution >= 4 is 11.4 Å². The molecule has 2 aromatic rings. The number of benzene rings is 1. The molecule has 1 aromatic carbocycles. The van der Waals surface area contributed by atoms with E-state index in [9.17, 15) is 0 Å². The van der Waals surface area contributed by atoms with Crippen molar-refractivity contribution in [1.82, 2.24) is 9.97 Å². The molecule has 0 fully saturated rings. The molecule has 1 aromatic heterocycles. The third-order valence-electron chi connectivity index (χ3n) is 2.44. The zero-order valence-electron chi connectivity index (χ0n) is 8.86. The summed E-state index contributed by atoms with van der Waals surface area (Å²) in [5.41, 5.74) is 4.54. The summed E-state index contributed by atoms with van der Waals surface area (Å²) in [6.45, 7) is 4.20. The summed E-state index contributed by atoms with van der Waals surface area (Å²) >= 11 is 0. The zero-order chi connectivity index (χ0) is 10.7. The number of nitrogens with one attached hydrogen (secondary N) is 1. The fourth-order valence-corrected chi connectivity index (χ4v) is 1.41. The molecule has 1 heterocycles. The lowest BCUT2D eigenvalue weighted by molar-refractivity contribution is 1.17. The molecular formula is C12H13N3. The highest BCUT2D eigenvalue weighted by molar-refractivity contribution is 5.62. The van der Waals surface area contributed by atoms with Crippen LogP contribution in [-0.4, -0.2) is 9.97 Å². The summed E-state index contributed by atoms with van der Waals surface area (Å²) in [5, 5.41) is 3.29. The Bertz CT molecular complexity index is 452. The lowest BCUT2D eigenvalue weighted by atomic mass is 10.1. The van der Waals surface area contributed by atoms with E-state index in [4.69, 9.17) is 0 Å². The third-order valence-corrected chi connectivity index (χ3v) is 2.44. The molecule has 0 bridgehead atoms. The first-order chi connectivity index (χ1) is 7.27. The predicted octanol–water partition coefficient (Wildman–Crippen LogP) is 2.84. The Morgan fingerprint density at radius 1 is 1.07 bits per heavy atom. The quantitative estimate of drug-likeness (QED) is 0.808. The Labute approximate surface area is 89.2 Å². The fourth-order valence-electron chi connectivity index (χ4n) is 1.41. The van der Waals surface area contributed by atoms with Crippen LogP contribution in [0.2, 0.25) is 0 Å². The minimum absolute atomic E-state index is 0.909. The van der Waals surface area contributed by atoms with Crippen LogP contribution < -0.4 is 5.32 Å². The summed E-state index contributed by atoms with van der Waals surface area (Å²) < 4.78 is 0. The van der Waals surface area contributed by atoms with Crippen LogP contribution in [0.3, 0.4) is 0 Å². The molecule has 1 N–H and O–H groups in total. The molecule has 0 amide bonds. The van der Waals surface area contributed by atoms with Crippen LogP contribution in [0.1, 0.15) is 11.1 Å². The van der Waals surface area contributed by atoms with Gasteiger partial charge in [0.05, 0.1) is 18.1 Å². The largest absolute Gasteiger partial charge is 0.353 e. The molecule has 0 atom stereocenters. The monoisotopic (exact) mass is 199 g/mol. The van der Waals surface area contributed by atoms with Gasteiger partial charge < -0.3 is 5.32 Å². The summed E-state index contributed by atoms with van der Waals surface area (Å²) in [4.78, 5) is 7.92. The number of nitrogens with zero attached hydrogens (tertiary/aromatic N) is 2. The number of hydrogen-bond donors (Lipinski definition) is 1. The van der Waals surface area contributed by atoms with Gasteiger partial charge in [-0.3, -0.25) is 0 Å². The summed E-state index contributed by atoms with van der Waals surface area (Å²) in [6, 6.07) is 6.19. The molecule has 2 rings (SSSR count). The Morgan fingerprint density at radius 3 is 2.53 bits per heavy atom. The summed E-state index contributed by atoms with van der Waals surface area (Å²) in [7, 11) is 0. The second-order valence-corrected chi connectivity index (χ2v) is 3.50. The Balaban J connectivity index is 2.29. The van der Waals surface area contributed by atoms with E-state index in [0.29, 0.717) is 0 Å². The lowest BCUT2D eigenvalue weighted by Gasteiger charge is -2.10. The molecule has 0 unspecified atom stereocenters. The molecular weight excluding hydrogens is 186 g/mol. The van der Waals surface area contributed by atoms with Crippen molar-refractivity contribution in [3.8, 4) is 0 Å². The maximum atomic E-state index is 3.96. The molecule has 3 heteroatoms. The van der Waals surface area contributed by atoms with Gasteiger partial charge in [0.1, 0.15) is 6.33 Å². The van der Waals surface area contributed by atoms with Gasteiger partial charge >= 0.3 is 0 Å². The highest BCUT2D eigenvalue weighted by Crippen LogP contribution is 2.21. The van der Waals surface area contributed by atoms with Crippen molar-refractivity contribution in [2.45, 2.75) is 13.8 Å².